The van der Waals surface area contributed by atoms with Crippen LogP contribution in [0.25, 0.3) is 11.6 Å². The van der Waals surface area contributed by atoms with Crippen LogP contribution in [0, 0.1) is 6.92 Å². The van der Waals surface area contributed by atoms with Crippen molar-refractivity contribution < 1.29 is 23.8 Å². The average Bonchev–Trinajstić information content (AvgIpc) is 2.82. The fourth-order valence-electron chi connectivity index (χ4n) is 3.77. The van der Waals surface area contributed by atoms with Crippen molar-refractivity contribution >= 4 is 29.2 Å². The second kappa shape index (κ2) is 8.59. The number of hydrogen-bond acceptors (Lipinski definition) is 5. The van der Waals surface area contributed by atoms with Gasteiger partial charge in [-0.25, -0.2) is 4.90 Å². The first-order chi connectivity index (χ1) is 15.5. The maximum Gasteiger partial charge on any atom is 0.265 e. The van der Waals surface area contributed by atoms with Gasteiger partial charge in [-0.3, -0.25) is 9.59 Å². The SMILES string of the molecule is COc1cc(/C=C2\C(=O)N(c3ccc(C)cc3)C(=O)c3ccccc32)cc(OC)c1OC. The highest BCUT2D eigenvalue weighted by Gasteiger charge is 2.35. The van der Waals surface area contributed by atoms with Gasteiger partial charge in [0.25, 0.3) is 11.8 Å². The first-order valence-corrected chi connectivity index (χ1v) is 10.0. The Labute approximate surface area is 186 Å². The summed E-state index contributed by atoms with van der Waals surface area (Å²) in [6, 6.07) is 17.9. The Bertz CT molecular complexity index is 1200. The topological polar surface area (TPSA) is 65.1 Å². The van der Waals surface area contributed by atoms with Gasteiger partial charge < -0.3 is 14.2 Å². The van der Waals surface area contributed by atoms with Crippen LogP contribution >= 0.6 is 0 Å². The van der Waals surface area contributed by atoms with Crippen molar-refractivity contribution in [3.8, 4) is 17.2 Å². The van der Waals surface area contributed by atoms with Crippen LogP contribution in [0.3, 0.4) is 0 Å². The van der Waals surface area contributed by atoms with Crippen molar-refractivity contribution in [2.75, 3.05) is 26.2 Å². The maximum atomic E-state index is 13.6. The van der Waals surface area contributed by atoms with Gasteiger partial charge in [-0.2, -0.15) is 0 Å². The van der Waals surface area contributed by atoms with Crippen LogP contribution in [0.5, 0.6) is 17.2 Å². The lowest BCUT2D eigenvalue weighted by atomic mass is 9.91. The molecule has 0 saturated heterocycles. The average molecular weight is 429 g/mol. The molecule has 0 bridgehead atoms. The Morgan fingerprint density at radius 3 is 1.91 bits per heavy atom. The maximum absolute atomic E-state index is 13.6. The standard InChI is InChI=1S/C26H23NO5/c1-16-9-11-18(12-10-16)27-25(28)20-8-6-5-7-19(20)21(26(27)29)13-17-14-22(30-2)24(32-4)23(15-17)31-3/h5-15H,1-4H3/b21-13-. The zero-order valence-electron chi connectivity index (χ0n) is 18.3. The fourth-order valence-corrected chi connectivity index (χ4v) is 3.77. The van der Waals surface area contributed by atoms with Crippen molar-refractivity contribution in [1.29, 1.82) is 0 Å². The highest BCUT2D eigenvalue weighted by molar-refractivity contribution is 6.43. The molecule has 6 heteroatoms. The quantitative estimate of drug-likeness (QED) is 0.433. The first kappa shape index (κ1) is 21.2. The number of hydrogen-bond donors (Lipinski definition) is 0. The van der Waals surface area contributed by atoms with Gasteiger partial charge in [0.15, 0.2) is 11.5 Å². The predicted molar refractivity (Wildman–Crippen MR) is 123 cm³/mol. The third kappa shape index (κ3) is 3.60. The van der Waals surface area contributed by atoms with E-state index in [4.69, 9.17) is 14.2 Å². The molecule has 0 saturated carbocycles. The van der Waals surface area contributed by atoms with Crippen LogP contribution < -0.4 is 19.1 Å². The van der Waals surface area contributed by atoms with Gasteiger partial charge in [-0.15, -0.1) is 0 Å². The molecule has 3 aromatic rings. The van der Waals surface area contributed by atoms with E-state index in [9.17, 15) is 9.59 Å². The summed E-state index contributed by atoms with van der Waals surface area (Å²) >= 11 is 0. The molecule has 1 aliphatic rings. The molecule has 0 N–H and O–H groups in total. The molecule has 0 aromatic heterocycles. The molecule has 0 fully saturated rings. The lowest BCUT2D eigenvalue weighted by Gasteiger charge is -2.29. The van der Waals surface area contributed by atoms with Crippen molar-refractivity contribution in [2.45, 2.75) is 6.92 Å². The van der Waals surface area contributed by atoms with Crippen molar-refractivity contribution in [3.63, 3.8) is 0 Å². The molecule has 0 radical (unpaired) electrons. The Kier molecular flexibility index (Phi) is 5.69. The van der Waals surface area contributed by atoms with Gasteiger partial charge in [0.05, 0.1) is 27.0 Å². The monoisotopic (exact) mass is 429 g/mol. The minimum Gasteiger partial charge on any atom is -0.493 e. The lowest BCUT2D eigenvalue weighted by molar-refractivity contribution is -0.112. The molecule has 162 valence electrons. The van der Waals surface area contributed by atoms with E-state index in [-0.39, 0.29) is 5.91 Å². The Morgan fingerprint density at radius 2 is 1.34 bits per heavy atom. The summed E-state index contributed by atoms with van der Waals surface area (Å²) in [5.74, 6) is 0.662. The van der Waals surface area contributed by atoms with Crippen molar-refractivity contribution in [1.82, 2.24) is 0 Å². The van der Waals surface area contributed by atoms with E-state index >= 15 is 0 Å². The number of ether oxygens (including phenoxy) is 3. The number of carbonyl (C=O) groups excluding carboxylic acids is 2. The van der Waals surface area contributed by atoms with Crippen LogP contribution in [-0.2, 0) is 4.79 Å². The molecule has 6 nitrogen and oxygen atoms in total. The largest absolute Gasteiger partial charge is 0.493 e. The molecule has 0 atom stereocenters. The van der Waals surface area contributed by atoms with Gasteiger partial charge in [-0.05, 0) is 54.5 Å². The van der Waals surface area contributed by atoms with Gasteiger partial charge in [0.1, 0.15) is 0 Å². The van der Waals surface area contributed by atoms with E-state index in [1.807, 2.05) is 25.1 Å². The molecule has 3 aromatic carbocycles. The van der Waals surface area contributed by atoms with E-state index in [2.05, 4.69) is 0 Å². The third-order valence-corrected chi connectivity index (χ3v) is 5.37. The number of methoxy groups -OCH3 is 3. The number of carbonyl (C=O) groups is 2. The summed E-state index contributed by atoms with van der Waals surface area (Å²) in [5.41, 5.74) is 3.69. The lowest BCUT2D eigenvalue weighted by Crippen LogP contribution is -2.41. The zero-order valence-corrected chi connectivity index (χ0v) is 18.3. The minimum atomic E-state index is -0.397. The number of amides is 2. The molecule has 4 rings (SSSR count). The normalized spacial score (nSPS) is 14.4. The number of aryl methyl sites for hydroxylation is 1. The van der Waals surface area contributed by atoms with E-state index in [1.54, 1.807) is 48.5 Å². The van der Waals surface area contributed by atoms with E-state index in [0.717, 1.165) is 5.56 Å². The minimum absolute atomic E-state index is 0.350. The number of fused-ring (bicyclic) bond motifs is 1. The van der Waals surface area contributed by atoms with E-state index in [0.29, 0.717) is 45.2 Å². The second-order valence-corrected chi connectivity index (χ2v) is 7.34. The number of benzene rings is 3. The summed E-state index contributed by atoms with van der Waals surface area (Å²) in [4.78, 5) is 28.0. The van der Waals surface area contributed by atoms with Crippen LogP contribution in [0.4, 0.5) is 5.69 Å². The summed E-state index contributed by atoms with van der Waals surface area (Å²) in [7, 11) is 4.60. The van der Waals surface area contributed by atoms with Crippen LogP contribution in [0.2, 0.25) is 0 Å². The molecular weight excluding hydrogens is 406 g/mol. The van der Waals surface area contributed by atoms with E-state index in [1.165, 1.54) is 26.2 Å². The van der Waals surface area contributed by atoms with Gasteiger partial charge in [0.2, 0.25) is 5.75 Å². The van der Waals surface area contributed by atoms with Gasteiger partial charge in [0, 0.05) is 11.1 Å². The summed E-state index contributed by atoms with van der Waals surface area (Å²) in [5, 5.41) is 0. The van der Waals surface area contributed by atoms with Gasteiger partial charge in [-0.1, -0.05) is 35.9 Å². The third-order valence-electron chi connectivity index (χ3n) is 5.37. The van der Waals surface area contributed by atoms with Crippen LogP contribution in [0.15, 0.2) is 60.7 Å². The van der Waals surface area contributed by atoms with Crippen molar-refractivity contribution in [2.24, 2.45) is 0 Å². The number of nitrogens with zero attached hydrogens (tertiary/aromatic N) is 1. The van der Waals surface area contributed by atoms with E-state index < -0.39 is 5.91 Å². The zero-order chi connectivity index (χ0) is 22.8. The highest BCUT2D eigenvalue weighted by Crippen LogP contribution is 2.40. The number of anilines is 1. The Hall–Kier alpha value is -4.06. The molecular formula is C26H23NO5. The van der Waals surface area contributed by atoms with Gasteiger partial charge >= 0.3 is 0 Å². The fraction of sp³-hybridized carbons (Fsp3) is 0.154. The van der Waals surface area contributed by atoms with Crippen LogP contribution in [0.1, 0.15) is 27.0 Å². The second-order valence-electron chi connectivity index (χ2n) is 7.34. The predicted octanol–water partition coefficient (Wildman–Crippen LogP) is 4.75. The Morgan fingerprint density at radius 1 is 0.750 bits per heavy atom. The van der Waals surface area contributed by atoms with Crippen LogP contribution in [-0.4, -0.2) is 33.1 Å². The summed E-state index contributed by atoms with van der Waals surface area (Å²) in [6.07, 6.45) is 1.74. The molecule has 0 unspecified atom stereocenters. The molecule has 1 aliphatic heterocycles. The molecule has 1 heterocycles. The molecule has 32 heavy (non-hydrogen) atoms. The molecule has 2 amide bonds. The number of rotatable bonds is 5. The highest BCUT2D eigenvalue weighted by atomic mass is 16.5. The number of imide groups is 1. The smallest absolute Gasteiger partial charge is 0.265 e. The Balaban J connectivity index is 1.90. The first-order valence-electron chi connectivity index (χ1n) is 10.0. The molecule has 0 aliphatic carbocycles. The molecule has 0 spiro atoms. The summed E-state index contributed by atoms with van der Waals surface area (Å²) < 4.78 is 16.3. The summed E-state index contributed by atoms with van der Waals surface area (Å²) in [6.45, 7) is 1.95. The van der Waals surface area contributed by atoms with Crippen molar-refractivity contribution in [3.05, 3.63) is 82.9 Å².